The largest absolute Gasteiger partial charge is 0.478 e. The summed E-state index contributed by atoms with van der Waals surface area (Å²) in [6, 6.07) is 17.4. The predicted molar refractivity (Wildman–Crippen MR) is 123 cm³/mol. The number of imidazole rings is 1. The molecule has 0 bridgehead atoms. The van der Waals surface area contributed by atoms with Crippen LogP contribution in [-0.2, 0) is 11.3 Å². The molecule has 1 fully saturated rings. The van der Waals surface area contributed by atoms with E-state index in [4.69, 9.17) is 16.3 Å². The van der Waals surface area contributed by atoms with Crippen LogP contribution in [0.4, 0.5) is 0 Å². The minimum atomic E-state index is -0.925. The summed E-state index contributed by atoms with van der Waals surface area (Å²) in [6.45, 7) is 6.05. The van der Waals surface area contributed by atoms with Gasteiger partial charge in [-0.05, 0) is 56.9 Å². The maximum absolute atomic E-state index is 13.1. The molecule has 0 radical (unpaired) electrons. The van der Waals surface area contributed by atoms with Gasteiger partial charge in [-0.15, -0.1) is 0 Å². The van der Waals surface area contributed by atoms with Gasteiger partial charge >= 0.3 is 0 Å². The zero-order valence-electron chi connectivity index (χ0n) is 18.0. The van der Waals surface area contributed by atoms with E-state index in [0.717, 1.165) is 43.9 Å². The van der Waals surface area contributed by atoms with Crippen LogP contribution in [0.1, 0.15) is 26.7 Å². The van der Waals surface area contributed by atoms with Gasteiger partial charge in [-0.25, -0.2) is 4.98 Å². The van der Waals surface area contributed by atoms with Crippen LogP contribution in [0.15, 0.2) is 67.0 Å². The fourth-order valence-corrected chi connectivity index (χ4v) is 4.25. The smallest absolute Gasteiger partial charge is 0.266 e. The highest BCUT2D eigenvalue weighted by Crippen LogP contribution is 2.27. The normalized spacial score (nSPS) is 15.1. The molecule has 5 nitrogen and oxygen atoms in total. The molecule has 0 saturated carbocycles. The number of hydrogen-bond donors (Lipinski definition) is 0. The number of rotatable bonds is 6. The molecule has 1 aliphatic heterocycles. The molecular weight excluding hydrogens is 410 g/mol. The van der Waals surface area contributed by atoms with Gasteiger partial charge in [0, 0.05) is 42.6 Å². The van der Waals surface area contributed by atoms with Crippen LogP contribution in [0.2, 0.25) is 5.02 Å². The second-order valence-electron chi connectivity index (χ2n) is 8.57. The van der Waals surface area contributed by atoms with Crippen LogP contribution in [0.3, 0.4) is 0 Å². The lowest BCUT2D eigenvalue weighted by atomic mass is 9.95. The van der Waals surface area contributed by atoms with E-state index in [0.29, 0.717) is 16.7 Å². The fraction of sp³-hybridized carbons (Fsp3) is 0.360. The Morgan fingerprint density at radius 1 is 1.10 bits per heavy atom. The molecular formula is C25H28ClN3O2. The second-order valence-corrected chi connectivity index (χ2v) is 9.01. The highest BCUT2D eigenvalue weighted by atomic mass is 35.5. The van der Waals surface area contributed by atoms with Crippen molar-refractivity contribution in [1.29, 1.82) is 0 Å². The van der Waals surface area contributed by atoms with Crippen molar-refractivity contribution in [3.8, 4) is 17.1 Å². The van der Waals surface area contributed by atoms with Crippen molar-refractivity contribution < 1.29 is 9.53 Å². The molecule has 0 unspecified atom stereocenters. The van der Waals surface area contributed by atoms with Gasteiger partial charge in [0.1, 0.15) is 11.6 Å². The summed E-state index contributed by atoms with van der Waals surface area (Å²) in [4.78, 5) is 19.6. The quantitative estimate of drug-likeness (QED) is 0.525. The summed E-state index contributed by atoms with van der Waals surface area (Å²) < 4.78 is 8.21. The van der Waals surface area contributed by atoms with Gasteiger partial charge in [-0.1, -0.05) is 41.9 Å². The van der Waals surface area contributed by atoms with E-state index >= 15 is 0 Å². The summed E-state index contributed by atoms with van der Waals surface area (Å²) in [5.74, 6) is 2.18. The summed E-state index contributed by atoms with van der Waals surface area (Å²) in [6.07, 6.45) is 5.84. The van der Waals surface area contributed by atoms with Crippen molar-refractivity contribution in [3.63, 3.8) is 0 Å². The minimum Gasteiger partial charge on any atom is -0.478 e. The standard InChI is InChI=1S/C25H28ClN3O2/c1-25(2,31-22-10-8-21(26)9-11-22)24(30)28-15-12-19(13-16-28)18-29-17-14-27-23(29)20-6-4-3-5-7-20/h3-11,14,17,19H,12-13,15-16,18H2,1-2H3. The Bertz CT molecular complexity index is 1010. The first-order valence-corrected chi connectivity index (χ1v) is 11.1. The van der Waals surface area contributed by atoms with E-state index in [2.05, 4.69) is 21.7 Å². The van der Waals surface area contributed by atoms with Crippen LogP contribution in [0, 0.1) is 5.92 Å². The Labute approximate surface area is 188 Å². The number of piperidine rings is 1. The molecule has 0 aliphatic carbocycles. The van der Waals surface area contributed by atoms with E-state index in [1.807, 2.05) is 49.3 Å². The number of likely N-dealkylation sites (tertiary alicyclic amines) is 1. The molecule has 6 heteroatoms. The van der Waals surface area contributed by atoms with Gasteiger partial charge in [0.05, 0.1) is 0 Å². The Morgan fingerprint density at radius 2 is 1.77 bits per heavy atom. The molecule has 1 amide bonds. The summed E-state index contributed by atoms with van der Waals surface area (Å²) >= 11 is 5.94. The number of halogens is 1. The molecule has 31 heavy (non-hydrogen) atoms. The van der Waals surface area contributed by atoms with Crippen LogP contribution in [-0.4, -0.2) is 39.0 Å². The molecule has 1 aliphatic rings. The molecule has 162 valence electrons. The highest BCUT2D eigenvalue weighted by Gasteiger charge is 2.36. The average molecular weight is 438 g/mol. The number of aromatic nitrogens is 2. The Balaban J connectivity index is 1.34. The van der Waals surface area contributed by atoms with Crippen molar-refractivity contribution in [1.82, 2.24) is 14.5 Å². The van der Waals surface area contributed by atoms with E-state index in [1.54, 1.807) is 24.3 Å². The molecule has 1 saturated heterocycles. The number of nitrogens with zero attached hydrogens (tertiary/aromatic N) is 3. The van der Waals surface area contributed by atoms with E-state index in [9.17, 15) is 4.79 Å². The van der Waals surface area contributed by atoms with Gasteiger partial charge < -0.3 is 14.2 Å². The molecule has 2 aromatic carbocycles. The van der Waals surface area contributed by atoms with Gasteiger partial charge in [0.2, 0.25) is 0 Å². The summed E-state index contributed by atoms with van der Waals surface area (Å²) in [5, 5.41) is 0.645. The van der Waals surface area contributed by atoms with Crippen molar-refractivity contribution in [2.75, 3.05) is 13.1 Å². The molecule has 0 N–H and O–H groups in total. The Morgan fingerprint density at radius 3 is 2.45 bits per heavy atom. The maximum atomic E-state index is 13.1. The van der Waals surface area contributed by atoms with Crippen LogP contribution >= 0.6 is 11.6 Å². The van der Waals surface area contributed by atoms with Gasteiger partial charge in [-0.3, -0.25) is 4.79 Å². The van der Waals surface area contributed by atoms with Gasteiger partial charge in [0.25, 0.3) is 5.91 Å². The Hall–Kier alpha value is -2.79. The number of ether oxygens (including phenoxy) is 1. The van der Waals surface area contributed by atoms with Crippen molar-refractivity contribution >= 4 is 17.5 Å². The zero-order chi connectivity index (χ0) is 21.8. The van der Waals surface area contributed by atoms with Crippen LogP contribution in [0.25, 0.3) is 11.4 Å². The predicted octanol–water partition coefficient (Wildman–Crippen LogP) is 5.30. The molecule has 0 spiro atoms. The molecule has 3 aromatic rings. The highest BCUT2D eigenvalue weighted by molar-refractivity contribution is 6.30. The number of carbonyl (C=O) groups excluding carboxylic acids is 1. The zero-order valence-corrected chi connectivity index (χ0v) is 18.8. The third-order valence-corrected chi connectivity index (χ3v) is 6.06. The second kappa shape index (κ2) is 9.15. The third kappa shape index (κ3) is 5.10. The lowest BCUT2D eigenvalue weighted by molar-refractivity contribution is -0.147. The minimum absolute atomic E-state index is 0.0218. The summed E-state index contributed by atoms with van der Waals surface area (Å²) in [7, 11) is 0. The Kier molecular flexibility index (Phi) is 6.33. The number of benzene rings is 2. The van der Waals surface area contributed by atoms with Crippen molar-refractivity contribution in [3.05, 3.63) is 72.0 Å². The first-order valence-electron chi connectivity index (χ1n) is 10.7. The van der Waals surface area contributed by atoms with E-state index < -0.39 is 5.60 Å². The number of amides is 1. The van der Waals surface area contributed by atoms with Gasteiger partial charge in [-0.2, -0.15) is 0 Å². The maximum Gasteiger partial charge on any atom is 0.266 e. The van der Waals surface area contributed by atoms with E-state index in [-0.39, 0.29) is 5.91 Å². The average Bonchev–Trinajstić information content (AvgIpc) is 3.24. The van der Waals surface area contributed by atoms with E-state index in [1.165, 1.54) is 0 Å². The number of hydrogen-bond acceptors (Lipinski definition) is 3. The fourth-order valence-electron chi connectivity index (χ4n) is 4.12. The lowest BCUT2D eigenvalue weighted by Crippen LogP contribution is -2.51. The monoisotopic (exact) mass is 437 g/mol. The lowest BCUT2D eigenvalue weighted by Gasteiger charge is -2.37. The topological polar surface area (TPSA) is 47.4 Å². The first-order chi connectivity index (χ1) is 14.9. The molecule has 0 atom stereocenters. The van der Waals surface area contributed by atoms with Gasteiger partial charge in [0.15, 0.2) is 5.60 Å². The van der Waals surface area contributed by atoms with Crippen LogP contribution < -0.4 is 4.74 Å². The van der Waals surface area contributed by atoms with Crippen molar-refractivity contribution in [2.45, 2.75) is 38.8 Å². The summed E-state index contributed by atoms with van der Waals surface area (Å²) in [5.41, 5.74) is 0.201. The molecule has 1 aromatic heterocycles. The molecule has 2 heterocycles. The first kappa shape index (κ1) is 21.4. The molecule has 4 rings (SSSR count). The van der Waals surface area contributed by atoms with Crippen molar-refractivity contribution in [2.24, 2.45) is 5.92 Å². The number of carbonyl (C=O) groups is 1. The third-order valence-electron chi connectivity index (χ3n) is 5.81. The van der Waals surface area contributed by atoms with Crippen LogP contribution in [0.5, 0.6) is 5.75 Å². The SMILES string of the molecule is CC(C)(Oc1ccc(Cl)cc1)C(=O)N1CCC(Cn2ccnc2-c2ccccc2)CC1.